The van der Waals surface area contributed by atoms with Crippen molar-refractivity contribution >= 4 is 6.09 Å². The third-order valence-electron chi connectivity index (χ3n) is 5.39. The van der Waals surface area contributed by atoms with E-state index in [9.17, 15) is 9.90 Å². The van der Waals surface area contributed by atoms with Crippen LogP contribution in [0.5, 0.6) is 0 Å². The molecule has 0 radical (unpaired) electrons. The van der Waals surface area contributed by atoms with Crippen molar-refractivity contribution in [1.29, 1.82) is 0 Å². The lowest BCUT2D eigenvalue weighted by atomic mass is 9.76. The molecule has 3 aliphatic rings. The molecule has 2 atom stereocenters. The number of fused-ring (bicyclic) bond motifs is 2. The zero-order valence-corrected chi connectivity index (χ0v) is 14.7. The van der Waals surface area contributed by atoms with Gasteiger partial charge in [-0.05, 0) is 46.0 Å². The van der Waals surface area contributed by atoms with Gasteiger partial charge in [-0.25, -0.2) is 4.79 Å². The van der Waals surface area contributed by atoms with Crippen LogP contribution in [0.3, 0.4) is 0 Å². The fourth-order valence-electron chi connectivity index (χ4n) is 4.61. The van der Waals surface area contributed by atoms with Crippen LogP contribution in [0.25, 0.3) is 0 Å². The van der Waals surface area contributed by atoms with Crippen molar-refractivity contribution in [3.8, 4) is 0 Å². The Morgan fingerprint density at radius 2 is 1.78 bits per heavy atom. The molecule has 0 aromatic carbocycles. The van der Waals surface area contributed by atoms with Crippen molar-refractivity contribution in [2.75, 3.05) is 13.2 Å². The van der Waals surface area contributed by atoms with Crippen molar-refractivity contribution in [2.24, 2.45) is 5.92 Å². The van der Waals surface area contributed by atoms with Crippen LogP contribution in [0.4, 0.5) is 4.79 Å². The standard InChI is InChI=1S/C18H31NO4/c1-17(2,3)23-16(20)19-14-9-18(21,8-13-6-4-5-7-13)10-15(19)12-22-11-14/h13-15,21H,4-12H2,1-3H3. The second-order valence-corrected chi connectivity index (χ2v) is 8.72. The van der Waals surface area contributed by atoms with Crippen molar-refractivity contribution < 1.29 is 19.4 Å². The first-order valence-electron chi connectivity index (χ1n) is 9.07. The molecule has 5 heteroatoms. The molecule has 2 unspecified atom stereocenters. The highest BCUT2D eigenvalue weighted by Gasteiger charge is 2.49. The van der Waals surface area contributed by atoms with Crippen LogP contribution in [0.15, 0.2) is 0 Å². The van der Waals surface area contributed by atoms with Crippen LogP contribution < -0.4 is 0 Å². The maximum absolute atomic E-state index is 12.5. The molecule has 2 saturated heterocycles. The number of ether oxygens (including phenoxy) is 2. The molecule has 0 aromatic heterocycles. The van der Waals surface area contributed by atoms with E-state index in [0.29, 0.717) is 32.0 Å². The predicted octanol–water partition coefficient (Wildman–Crippen LogP) is 3.10. The molecule has 5 nitrogen and oxygen atoms in total. The van der Waals surface area contributed by atoms with Gasteiger partial charge >= 0.3 is 6.09 Å². The molecule has 0 aromatic rings. The first kappa shape index (κ1) is 17.0. The van der Waals surface area contributed by atoms with Crippen molar-refractivity contribution in [3.05, 3.63) is 0 Å². The summed E-state index contributed by atoms with van der Waals surface area (Å²) in [6.45, 7) is 6.66. The summed E-state index contributed by atoms with van der Waals surface area (Å²) >= 11 is 0. The Morgan fingerprint density at radius 3 is 2.30 bits per heavy atom. The molecule has 1 saturated carbocycles. The maximum atomic E-state index is 12.5. The number of carbonyl (C=O) groups excluding carboxylic acids is 1. The van der Waals surface area contributed by atoms with Crippen LogP contribution >= 0.6 is 0 Å². The predicted molar refractivity (Wildman–Crippen MR) is 87.2 cm³/mol. The van der Waals surface area contributed by atoms with Crippen molar-refractivity contribution in [3.63, 3.8) is 0 Å². The quantitative estimate of drug-likeness (QED) is 0.847. The topological polar surface area (TPSA) is 59.0 Å². The molecule has 1 aliphatic carbocycles. The van der Waals surface area contributed by atoms with Crippen LogP contribution in [-0.2, 0) is 9.47 Å². The molecule has 23 heavy (non-hydrogen) atoms. The molecular formula is C18H31NO4. The van der Waals surface area contributed by atoms with Gasteiger partial charge in [0.05, 0.1) is 30.9 Å². The van der Waals surface area contributed by atoms with Gasteiger partial charge in [0.1, 0.15) is 5.60 Å². The second kappa shape index (κ2) is 6.25. The van der Waals surface area contributed by atoms with E-state index in [2.05, 4.69) is 0 Å². The number of amides is 1. The van der Waals surface area contributed by atoms with Gasteiger partial charge in [0.25, 0.3) is 0 Å². The summed E-state index contributed by atoms with van der Waals surface area (Å²) in [5.74, 6) is 0.648. The normalized spacial score (nSPS) is 35.4. The lowest BCUT2D eigenvalue weighted by Gasteiger charge is -2.51. The molecule has 0 spiro atoms. The van der Waals surface area contributed by atoms with Gasteiger partial charge in [0.15, 0.2) is 0 Å². The van der Waals surface area contributed by atoms with Crippen LogP contribution in [0.1, 0.15) is 65.7 Å². The maximum Gasteiger partial charge on any atom is 0.410 e. The Labute approximate surface area is 139 Å². The summed E-state index contributed by atoms with van der Waals surface area (Å²) < 4.78 is 11.2. The average molecular weight is 325 g/mol. The number of morpholine rings is 1. The minimum atomic E-state index is -0.646. The molecular weight excluding hydrogens is 294 g/mol. The summed E-state index contributed by atoms with van der Waals surface area (Å²) in [6, 6.07) is -0.132. The van der Waals surface area contributed by atoms with Gasteiger partial charge in [0, 0.05) is 0 Å². The summed E-state index contributed by atoms with van der Waals surface area (Å²) in [5.41, 5.74) is -1.14. The number of hydrogen-bond donors (Lipinski definition) is 1. The van der Waals surface area contributed by atoms with Crippen LogP contribution in [0.2, 0.25) is 0 Å². The van der Waals surface area contributed by atoms with Gasteiger partial charge in [-0.2, -0.15) is 0 Å². The first-order chi connectivity index (χ1) is 10.8. The van der Waals surface area contributed by atoms with E-state index in [-0.39, 0.29) is 18.2 Å². The number of aliphatic hydroxyl groups is 1. The van der Waals surface area contributed by atoms with E-state index in [0.717, 1.165) is 6.42 Å². The van der Waals surface area contributed by atoms with E-state index >= 15 is 0 Å². The molecule has 2 bridgehead atoms. The largest absolute Gasteiger partial charge is 0.444 e. The second-order valence-electron chi connectivity index (χ2n) is 8.72. The van der Waals surface area contributed by atoms with E-state index in [1.165, 1.54) is 25.7 Å². The Bertz CT molecular complexity index is 425. The number of hydrogen-bond acceptors (Lipinski definition) is 4. The summed E-state index contributed by atoms with van der Waals surface area (Å²) in [5, 5.41) is 11.1. The van der Waals surface area contributed by atoms with E-state index in [1.807, 2.05) is 25.7 Å². The highest BCUT2D eigenvalue weighted by atomic mass is 16.6. The average Bonchev–Trinajstić information content (AvgIpc) is 2.87. The minimum absolute atomic E-state index is 0.0660. The molecule has 2 aliphatic heterocycles. The molecule has 2 heterocycles. The molecule has 1 amide bonds. The van der Waals surface area contributed by atoms with Gasteiger partial charge in [-0.15, -0.1) is 0 Å². The van der Waals surface area contributed by atoms with Crippen molar-refractivity contribution in [1.82, 2.24) is 4.90 Å². The van der Waals surface area contributed by atoms with Gasteiger partial charge in [0.2, 0.25) is 0 Å². The lowest BCUT2D eigenvalue weighted by Crippen LogP contribution is -2.64. The smallest absolute Gasteiger partial charge is 0.410 e. The highest BCUT2D eigenvalue weighted by Crippen LogP contribution is 2.42. The lowest BCUT2D eigenvalue weighted by molar-refractivity contribution is -0.143. The summed E-state index contributed by atoms with van der Waals surface area (Å²) in [6.07, 6.45) is 6.90. The zero-order valence-electron chi connectivity index (χ0n) is 14.7. The van der Waals surface area contributed by atoms with Crippen LogP contribution in [0, 0.1) is 5.92 Å². The zero-order chi connectivity index (χ0) is 16.7. The molecule has 3 rings (SSSR count). The Morgan fingerprint density at radius 1 is 1.22 bits per heavy atom. The fraction of sp³-hybridized carbons (Fsp3) is 0.944. The Kier molecular flexibility index (Phi) is 4.62. The monoisotopic (exact) mass is 325 g/mol. The SMILES string of the molecule is CC(C)(C)OC(=O)N1C2COCC1CC(O)(CC1CCCC1)C2. The highest BCUT2D eigenvalue weighted by molar-refractivity contribution is 5.69. The minimum Gasteiger partial charge on any atom is -0.444 e. The number of carbonyl (C=O) groups is 1. The number of rotatable bonds is 2. The van der Waals surface area contributed by atoms with Gasteiger partial charge in [-0.1, -0.05) is 25.7 Å². The number of nitrogens with zero attached hydrogens (tertiary/aromatic N) is 1. The van der Waals surface area contributed by atoms with Crippen LogP contribution in [-0.4, -0.2) is 52.6 Å². The third kappa shape index (κ3) is 4.00. The summed E-state index contributed by atoms with van der Waals surface area (Å²) in [7, 11) is 0. The van der Waals surface area contributed by atoms with Gasteiger partial charge in [-0.3, -0.25) is 4.90 Å². The van der Waals surface area contributed by atoms with Gasteiger partial charge < -0.3 is 14.6 Å². The molecule has 3 fully saturated rings. The first-order valence-corrected chi connectivity index (χ1v) is 9.07. The Hall–Kier alpha value is -0.810. The number of piperidine rings is 1. The van der Waals surface area contributed by atoms with Crippen molar-refractivity contribution in [2.45, 2.75) is 89.0 Å². The van der Waals surface area contributed by atoms with E-state index in [1.54, 1.807) is 0 Å². The molecule has 1 N–H and O–H groups in total. The summed E-state index contributed by atoms with van der Waals surface area (Å²) in [4.78, 5) is 14.4. The fourth-order valence-corrected chi connectivity index (χ4v) is 4.61. The third-order valence-corrected chi connectivity index (χ3v) is 5.39. The Balaban J connectivity index is 1.68. The molecule has 132 valence electrons. The van der Waals surface area contributed by atoms with E-state index in [4.69, 9.17) is 9.47 Å². The van der Waals surface area contributed by atoms with E-state index < -0.39 is 11.2 Å².